The molecule has 1 amide bonds. The smallest absolute Gasteiger partial charge is 0.266 e. The Morgan fingerprint density at radius 1 is 1.09 bits per heavy atom. The Labute approximate surface area is 207 Å². The normalized spacial score (nSPS) is 18.2. The maximum Gasteiger partial charge on any atom is 0.266 e. The van der Waals surface area contributed by atoms with Crippen molar-refractivity contribution in [3.63, 3.8) is 0 Å². The van der Waals surface area contributed by atoms with E-state index in [-0.39, 0.29) is 23.0 Å². The van der Waals surface area contributed by atoms with Gasteiger partial charge >= 0.3 is 0 Å². The average molecular weight is 494 g/mol. The van der Waals surface area contributed by atoms with E-state index in [4.69, 9.17) is 17.3 Å². The van der Waals surface area contributed by atoms with Crippen molar-refractivity contribution in [2.75, 3.05) is 0 Å². The largest absolute Gasteiger partial charge is 0.331 e. The fraction of sp³-hybridized carbons (Fsp3) is 0.259. The van der Waals surface area contributed by atoms with Gasteiger partial charge in [-0.25, -0.2) is 4.39 Å². The van der Waals surface area contributed by atoms with Crippen LogP contribution in [0.1, 0.15) is 40.9 Å². The van der Waals surface area contributed by atoms with Gasteiger partial charge < -0.3 is 10.6 Å². The van der Waals surface area contributed by atoms with Crippen molar-refractivity contribution in [2.24, 2.45) is 5.73 Å². The number of amides is 1. The summed E-state index contributed by atoms with van der Waals surface area (Å²) in [6.45, 7) is 0.444. The third-order valence-corrected chi connectivity index (χ3v) is 8.15. The van der Waals surface area contributed by atoms with Gasteiger partial charge in [-0.2, -0.15) is 0 Å². The number of nitrogens with two attached hydrogens (primary N) is 1. The maximum atomic E-state index is 14.5. The van der Waals surface area contributed by atoms with Crippen molar-refractivity contribution < 1.29 is 9.18 Å². The summed E-state index contributed by atoms with van der Waals surface area (Å²) in [4.78, 5) is 20.4. The Balaban J connectivity index is 1.50. The van der Waals surface area contributed by atoms with Gasteiger partial charge in [-0.05, 0) is 66.6 Å². The molecule has 1 saturated carbocycles. The minimum absolute atomic E-state index is 0.0560. The van der Waals surface area contributed by atoms with E-state index in [1.807, 2.05) is 41.4 Å². The topological polar surface area (TPSA) is 59.2 Å². The van der Waals surface area contributed by atoms with Crippen LogP contribution in [0.15, 0.2) is 67.0 Å². The van der Waals surface area contributed by atoms with Crippen LogP contribution in [0.2, 0.25) is 5.02 Å². The summed E-state index contributed by atoms with van der Waals surface area (Å²) in [6.07, 6.45) is 7.01. The van der Waals surface area contributed by atoms with E-state index in [1.165, 1.54) is 17.4 Å². The number of halogens is 2. The lowest BCUT2D eigenvalue weighted by molar-refractivity contribution is 0.0611. The molecular weight excluding hydrogens is 469 g/mol. The number of benzene rings is 2. The van der Waals surface area contributed by atoms with Crippen LogP contribution in [-0.2, 0) is 6.54 Å². The molecule has 0 unspecified atom stereocenters. The molecule has 2 aromatic heterocycles. The van der Waals surface area contributed by atoms with E-state index in [1.54, 1.807) is 18.3 Å². The van der Waals surface area contributed by atoms with Gasteiger partial charge in [0.05, 0.1) is 5.02 Å². The van der Waals surface area contributed by atoms with Crippen molar-refractivity contribution in [1.29, 1.82) is 0 Å². The van der Waals surface area contributed by atoms with Gasteiger partial charge in [-0.3, -0.25) is 9.78 Å². The summed E-state index contributed by atoms with van der Waals surface area (Å²) in [5.74, 6) is -0.560. The molecule has 2 aromatic carbocycles. The zero-order valence-corrected chi connectivity index (χ0v) is 20.2. The molecule has 2 heterocycles. The molecule has 34 heavy (non-hydrogen) atoms. The quantitative estimate of drug-likeness (QED) is 0.338. The van der Waals surface area contributed by atoms with Crippen LogP contribution >= 0.6 is 22.9 Å². The molecule has 4 nitrogen and oxygen atoms in total. The molecule has 2 N–H and O–H groups in total. The van der Waals surface area contributed by atoms with Crippen LogP contribution < -0.4 is 5.73 Å². The lowest BCUT2D eigenvalue weighted by atomic mass is 9.90. The molecule has 1 fully saturated rings. The molecule has 174 valence electrons. The molecule has 0 saturated heterocycles. The summed E-state index contributed by atoms with van der Waals surface area (Å²) in [7, 11) is 0. The Morgan fingerprint density at radius 2 is 1.85 bits per heavy atom. The zero-order valence-electron chi connectivity index (χ0n) is 18.6. The average Bonchev–Trinajstić information content (AvgIpc) is 3.21. The minimum Gasteiger partial charge on any atom is -0.331 e. The lowest BCUT2D eigenvalue weighted by Crippen LogP contribution is -2.43. The maximum absolute atomic E-state index is 14.5. The molecule has 0 bridgehead atoms. The first-order valence-electron chi connectivity index (χ1n) is 11.4. The highest BCUT2D eigenvalue weighted by molar-refractivity contribution is 7.21. The number of carbonyl (C=O) groups is 1. The lowest BCUT2D eigenvalue weighted by Gasteiger charge is -2.36. The first kappa shape index (κ1) is 23.0. The Morgan fingerprint density at radius 3 is 2.59 bits per heavy atom. The Hall–Kier alpha value is -2.80. The van der Waals surface area contributed by atoms with Crippen molar-refractivity contribution >= 4 is 38.9 Å². The second-order valence-corrected chi connectivity index (χ2v) is 10.2. The van der Waals surface area contributed by atoms with Crippen molar-refractivity contribution in [2.45, 2.75) is 44.3 Å². The molecule has 0 atom stereocenters. The van der Waals surface area contributed by atoms with E-state index in [0.29, 0.717) is 21.5 Å². The molecular formula is C27H25ClFN3OS. The van der Waals surface area contributed by atoms with Crippen molar-refractivity contribution in [3.8, 4) is 11.1 Å². The molecule has 1 aliphatic rings. The van der Waals surface area contributed by atoms with Gasteiger partial charge in [0.25, 0.3) is 5.91 Å². The molecule has 1 aliphatic carbocycles. The molecule has 0 radical (unpaired) electrons. The van der Waals surface area contributed by atoms with Gasteiger partial charge in [0, 0.05) is 41.1 Å². The predicted molar refractivity (Wildman–Crippen MR) is 137 cm³/mol. The van der Waals surface area contributed by atoms with Gasteiger partial charge in [-0.15, -0.1) is 11.3 Å². The van der Waals surface area contributed by atoms with Crippen LogP contribution in [0.5, 0.6) is 0 Å². The number of rotatable bonds is 5. The summed E-state index contributed by atoms with van der Waals surface area (Å²) in [5.41, 5.74) is 9.23. The van der Waals surface area contributed by atoms with E-state index >= 15 is 0 Å². The van der Waals surface area contributed by atoms with Crippen LogP contribution in [0.4, 0.5) is 4.39 Å². The number of carbonyl (C=O) groups excluding carboxylic acids is 1. The molecule has 0 spiro atoms. The van der Waals surface area contributed by atoms with Crippen LogP contribution in [0, 0.1) is 5.82 Å². The van der Waals surface area contributed by atoms with Gasteiger partial charge in [0.2, 0.25) is 0 Å². The van der Waals surface area contributed by atoms with Crippen LogP contribution in [0.25, 0.3) is 21.2 Å². The predicted octanol–water partition coefficient (Wildman–Crippen LogP) is 6.67. The van der Waals surface area contributed by atoms with E-state index in [2.05, 4.69) is 11.1 Å². The number of aromatic nitrogens is 1. The number of fused-ring (bicyclic) bond motifs is 1. The number of thiophene rings is 1. The van der Waals surface area contributed by atoms with E-state index in [9.17, 15) is 9.18 Å². The summed E-state index contributed by atoms with van der Waals surface area (Å²) < 4.78 is 15.1. The standard InChI is InChI=1S/C27H25ClFN3OS/c28-25-24-22(29)7-2-8-23(24)34-26(25)27(33)32(21-11-9-20(30)10-12-21)16-17-4-1-5-18(14-17)19-6-3-13-31-15-19/h1-8,13-15,20-21H,9-12,16,30H2/t20-,21-. The Bertz CT molecular complexity index is 1320. The first-order chi connectivity index (χ1) is 16.5. The van der Waals surface area contributed by atoms with Gasteiger partial charge in [-0.1, -0.05) is 41.9 Å². The number of pyridine rings is 1. The monoisotopic (exact) mass is 493 g/mol. The SMILES string of the molecule is N[C@H]1CC[C@H](N(Cc2cccc(-c3cccnc3)c2)C(=O)c2sc3cccc(F)c3c2Cl)CC1. The van der Waals surface area contributed by atoms with Crippen LogP contribution in [0.3, 0.4) is 0 Å². The summed E-state index contributed by atoms with van der Waals surface area (Å²) >= 11 is 7.82. The highest BCUT2D eigenvalue weighted by Crippen LogP contribution is 2.39. The van der Waals surface area contributed by atoms with Crippen molar-refractivity contribution in [1.82, 2.24) is 9.88 Å². The van der Waals surface area contributed by atoms with E-state index < -0.39 is 5.82 Å². The third-order valence-electron chi connectivity index (χ3n) is 6.52. The Kier molecular flexibility index (Phi) is 6.63. The van der Waals surface area contributed by atoms with Crippen molar-refractivity contribution in [3.05, 3.63) is 88.3 Å². The summed E-state index contributed by atoms with van der Waals surface area (Å²) in [6, 6.07) is 17.1. The fourth-order valence-corrected chi connectivity index (χ4v) is 6.21. The number of nitrogens with zero attached hydrogens (tertiary/aromatic N) is 2. The minimum atomic E-state index is -0.405. The molecule has 7 heteroatoms. The molecule has 0 aliphatic heterocycles. The third kappa shape index (κ3) is 4.58. The van der Waals surface area contributed by atoms with Gasteiger partial charge in [0.1, 0.15) is 10.7 Å². The highest BCUT2D eigenvalue weighted by Gasteiger charge is 2.31. The number of hydrogen-bond acceptors (Lipinski definition) is 4. The second-order valence-electron chi connectivity index (χ2n) is 8.80. The first-order valence-corrected chi connectivity index (χ1v) is 12.6. The number of hydrogen-bond donors (Lipinski definition) is 1. The highest BCUT2D eigenvalue weighted by atomic mass is 35.5. The zero-order chi connectivity index (χ0) is 23.7. The summed E-state index contributed by atoms with van der Waals surface area (Å²) in [5, 5.41) is 0.520. The second kappa shape index (κ2) is 9.82. The van der Waals surface area contributed by atoms with Gasteiger partial charge in [0.15, 0.2) is 0 Å². The molecule has 4 aromatic rings. The van der Waals surface area contributed by atoms with E-state index in [0.717, 1.165) is 42.4 Å². The van der Waals surface area contributed by atoms with Crippen LogP contribution in [-0.4, -0.2) is 27.9 Å². The fourth-order valence-electron chi connectivity index (χ4n) is 4.70. The molecule has 5 rings (SSSR count).